The highest BCUT2D eigenvalue weighted by Crippen LogP contribution is 2.12. The fourth-order valence-electron chi connectivity index (χ4n) is 1.69. The lowest BCUT2D eigenvalue weighted by Crippen LogP contribution is -2.25. The Bertz CT molecular complexity index is 299. The zero-order valence-electron chi connectivity index (χ0n) is 10.6. The van der Waals surface area contributed by atoms with E-state index in [0.29, 0.717) is 6.04 Å². The molecule has 0 aromatic heterocycles. The van der Waals surface area contributed by atoms with Crippen molar-refractivity contribution >= 4 is 0 Å². The largest absolute Gasteiger partial charge is 0.497 e. The zero-order chi connectivity index (χ0) is 11.8. The van der Waals surface area contributed by atoms with Crippen LogP contribution in [0.4, 0.5) is 0 Å². The number of nitrogens with one attached hydrogen (secondary N) is 1. The smallest absolute Gasteiger partial charge is 0.119 e. The van der Waals surface area contributed by atoms with E-state index in [9.17, 15) is 0 Å². The predicted octanol–water partition coefficient (Wildman–Crippen LogP) is 3.36. The average molecular weight is 221 g/mol. The van der Waals surface area contributed by atoms with Crippen molar-refractivity contribution in [3.63, 3.8) is 0 Å². The summed E-state index contributed by atoms with van der Waals surface area (Å²) < 4.78 is 5.20. The van der Waals surface area contributed by atoms with Crippen LogP contribution in [0, 0.1) is 0 Å². The van der Waals surface area contributed by atoms with E-state index in [1.165, 1.54) is 24.8 Å². The van der Waals surface area contributed by atoms with Crippen molar-refractivity contribution in [1.29, 1.82) is 0 Å². The van der Waals surface area contributed by atoms with Crippen LogP contribution in [-0.4, -0.2) is 13.2 Å². The molecule has 0 heterocycles. The Morgan fingerprint density at radius 3 is 2.88 bits per heavy atom. The molecule has 0 aliphatic rings. The lowest BCUT2D eigenvalue weighted by atomic mass is 10.1. The van der Waals surface area contributed by atoms with Gasteiger partial charge in [0.05, 0.1) is 7.11 Å². The summed E-state index contributed by atoms with van der Waals surface area (Å²) in [5.41, 5.74) is 1.28. The van der Waals surface area contributed by atoms with Crippen molar-refractivity contribution in [2.45, 2.75) is 45.7 Å². The van der Waals surface area contributed by atoms with Crippen molar-refractivity contribution in [1.82, 2.24) is 5.32 Å². The second kappa shape index (κ2) is 7.29. The molecule has 1 aromatic rings. The molecule has 0 spiro atoms. The molecule has 2 nitrogen and oxygen atoms in total. The van der Waals surface area contributed by atoms with Crippen LogP contribution in [-0.2, 0) is 6.54 Å². The first-order chi connectivity index (χ1) is 7.76. The summed E-state index contributed by atoms with van der Waals surface area (Å²) in [5.74, 6) is 0.931. The Morgan fingerprint density at radius 1 is 1.38 bits per heavy atom. The molecule has 0 aliphatic heterocycles. The van der Waals surface area contributed by atoms with Crippen LogP contribution in [0.1, 0.15) is 38.7 Å². The molecular formula is C14H23NO. The van der Waals surface area contributed by atoms with Crippen LogP contribution in [0.15, 0.2) is 24.3 Å². The molecule has 1 N–H and O–H groups in total. The van der Waals surface area contributed by atoms with Gasteiger partial charge >= 0.3 is 0 Å². The van der Waals surface area contributed by atoms with E-state index in [2.05, 4.69) is 31.3 Å². The van der Waals surface area contributed by atoms with Crippen LogP contribution < -0.4 is 10.1 Å². The summed E-state index contributed by atoms with van der Waals surface area (Å²) in [7, 11) is 1.70. The van der Waals surface area contributed by atoms with Gasteiger partial charge in [0.2, 0.25) is 0 Å². The van der Waals surface area contributed by atoms with Gasteiger partial charge in [-0.1, -0.05) is 31.9 Å². The summed E-state index contributed by atoms with van der Waals surface area (Å²) in [5, 5.41) is 3.53. The molecule has 0 bridgehead atoms. The van der Waals surface area contributed by atoms with Gasteiger partial charge in [-0.3, -0.25) is 0 Å². The summed E-state index contributed by atoms with van der Waals surface area (Å²) in [6.07, 6.45) is 3.82. The first kappa shape index (κ1) is 13.0. The van der Waals surface area contributed by atoms with Crippen molar-refractivity contribution < 1.29 is 4.74 Å². The van der Waals surface area contributed by atoms with E-state index in [4.69, 9.17) is 4.74 Å². The fourth-order valence-corrected chi connectivity index (χ4v) is 1.69. The summed E-state index contributed by atoms with van der Waals surface area (Å²) in [6, 6.07) is 8.81. The van der Waals surface area contributed by atoms with Gasteiger partial charge in [0.25, 0.3) is 0 Å². The number of ether oxygens (including phenoxy) is 1. The minimum Gasteiger partial charge on any atom is -0.497 e. The summed E-state index contributed by atoms with van der Waals surface area (Å²) >= 11 is 0. The van der Waals surface area contributed by atoms with E-state index in [-0.39, 0.29) is 0 Å². The third-order valence-corrected chi connectivity index (χ3v) is 2.78. The average Bonchev–Trinajstić information content (AvgIpc) is 2.34. The van der Waals surface area contributed by atoms with Crippen molar-refractivity contribution in [2.24, 2.45) is 0 Å². The first-order valence-electron chi connectivity index (χ1n) is 6.12. The molecule has 0 aliphatic carbocycles. The molecule has 90 valence electrons. The van der Waals surface area contributed by atoms with E-state index in [1.807, 2.05) is 12.1 Å². The Labute approximate surface area is 99.0 Å². The topological polar surface area (TPSA) is 21.3 Å². The van der Waals surface area contributed by atoms with Gasteiger partial charge < -0.3 is 10.1 Å². The number of benzene rings is 1. The molecule has 0 saturated heterocycles. The highest BCUT2D eigenvalue weighted by atomic mass is 16.5. The Hall–Kier alpha value is -1.02. The summed E-state index contributed by atoms with van der Waals surface area (Å²) in [4.78, 5) is 0. The van der Waals surface area contributed by atoms with Gasteiger partial charge in [-0.05, 0) is 31.0 Å². The second-order valence-corrected chi connectivity index (χ2v) is 4.28. The lowest BCUT2D eigenvalue weighted by Gasteiger charge is -2.13. The monoisotopic (exact) mass is 221 g/mol. The van der Waals surface area contributed by atoms with Crippen molar-refractivity contribution in [3.8, 4) is 5.75 Å². The third kappa shape index (κ3) is 4.67. The number of rotatable bonds is 7. The minimum absolute atomic E-state index is 0.589. The zero-order valence-corrected chi connectivity index (χ0v) is 10.6. The molecule has 2 heteroatoms. The van der Waals surface area contributed by atoms with Gasteiger partial charge in [-0.2, -0.15) is 0 Å². The van der Waals surface area contributed by atoms with Gasteiger partial charge in [0.15, 0.2) is 0 Å². The van der Waals surface area contributed by atoms with Gasteiger partial charge in [0.1, 0.15) is 5.75 Å². The maximum atomic E-state index is 5.20. The van der Waals surface area contributed by atoms with E-state index >= 15 is 0 Å². The maximum Gasteiger partial charge on any atom is 0.119 e. The molecule has 0 radical (unpaired) electrons. The van der Waals surface area contributed by atoms with Gasteiger partial charge in [0, 0.05) is 12.6 Å². The van der Waals surface area contributed by atoms with Gasteiger partial charge in [-0.25, -0.2) is 0 Å². The van der Waals surface area contributed by atoms with E-state index in [0.717, 1.165) is 12.3 Å². The standard InChI is InChI=1S/C14H23NO/c1-4-5-7-12(2)15-11-13-8-6-9-14(10-13)16-3/h6,8-10,12,15H,4-5,7,11H2,1-3H3. The second-order valence-electron chi connectivity index (χ2n) is 4.28. The van der Waals surface area contributed by atoms with Crippen LogP contribution in [0.25, 0.3) is 0 Å². The SMILES string of the molecule is CCCCC(C)NCc1cccc(OC)c1. The molecule has 1 rings (SSSR count). The molecular weight excluding hydrogens is 198 g/mol. The first-order valence-corrected chi connectivity index (χ1v) is 6.12. The highest BCUT2D eigenvalue weighted by Gasteiger charge is 2.01. The van der Waals surface area contributed by atoms with E-state index in [1.54, 1.807) is 7.11 Å². The summed E-state index contributed by atoms with van der Waals surface area (Å²) in [6.45, 7) is 5.40. The van der Waals surface area contributed by atoms with Gasteiger partial charge in [-0.15, -0.1) is 0 Å². The van der Waals surface area contributed by atoms with Crippen LogP contribution in [0.2, 0.25) is 0 Å². The maximum absolute atomic E-state index is 5.20. The number of methoxy groups -OCH3 is 1. The number of hydrogen-bond donors (Lipinski definition) is 1. The Morgan fingerprint density at radius 2 is 2.19 bits per heavy atom. The van der Waals surface area contributed by atoms with Crippen molar-refractivity contribution in [2.75, 3.05) is 7.11 Å². The van der Waals surface area contributed by atoms with Crippen LogP contribution in [0.5, 0.6) is 5.75 Å². The highest BCUT2D eigenvalue weighted by molar-refractivity contribution is 5.28. The van der Waals surface area contributed by atoms with Crippen molar-refractivity contribution in [3.05, 3.63) is 29.8 Å². The predicted molar refractivity (Wildman–Crippen MR) is 68.8 cm³/mol. The Balaban J connectivity index is 2.35. The van der Waals surface area contributed by atoms with Crippen LogP contribution in [0.3, 0.4) is 0 Å². The minimum atomic E-state index is 0.589. The van der Waals surface area contributed by atoms with Crippen LogP contribution >= 0.6 is 0 Å². The third-order valence-electron chi connectivity index (χ3n) is 2.78. The molecule has 0 amide bonds. The fraction of sp³-hybridized carbons (Fsp3) is 0.571. The molecule has 1 atom stereocenters. The normalized spacial score (nSPS) is 12.4. The van der Waals surface area contributed by atoms with E-state index < -0.39 is 0 Å². The molecule has 1 unspecified atom stereocenters. The Kier molecular flexibility index (Phi) is 5.94. The molecule has 0 saturated carbocycles. The lowest BCUT2D eigenvalue weighted by molar-refractivity contribution is 0.413. The molecule has 0 fully saturated rings. The molecule has 16 heavy (non-hydrogen) atoms. The molecule has 1 aromatic carbocycles. The number of hydrogen-bond acceptors (Lipinski definition) is 2. The quantitative estimate of drug-likeness (QED) is 0.762. The number of unbranched alkanes of at least 4 members (excludes halogenated alkanes) is 1.